The average molecular weight is 273 g/mol. The predicted octanol–water partition coefficient (Wildman–Crippen LogP) is 2.84. The van der Waals surface area contributed by atoms with Crippen LogP contribution in [0.5, 0.6) is 11.5 Å². The topological polar surface area (TPSA) is 51.9 Å². The normalized spacial score (nSPS) is 14.1. The van der Waals surface area contributed by atoms with Gasteiger partial charge in [0.05, 0.1) is 12.3 Å². The monoisotopic (exact) mass is 273 g/mol. The van der Waals surface area contributed by atoms with Crippen molar-refractivity contribution < 1.29 is 18.7 Å². The largest absolute Gasteiger partial charge is 0.467 e. The highest BCUT2D eigenvalue weighted by Crippen LogP contribution is 2.33. The first-order valence-corrected chi connectivity index (χ1v) is 6.37. The fourth-order valence-corrected chi connectivity index (χ4v) is 2.13. The smallest absolute Gasteiger partial charge is 0.254 e. The molecule has 1 atom stereocenters. The highest BCUT2D eigenvalue weighted by atomic mass is 16.7. The van der Waals surface area contributed by atoms with Crippen molar-refractivity contribution in [1.29, 1.82) is 0 Å². The van der Waals surface area contributed by atoms with Gasteiger partial charge < -0.3 is 18.8 Å². The summed E-state index contributed by atoms with van der Waals surface area (Å²) in [6.45, 7) is 2.12. The van der Waals surface area contributed by atoms with Crippen LogP contribution in [0.2, 0.25) is 0 Å². The van der Waals surface area contributed by atoms with Gasteiger partial charge in [0.2, 0.25) is 6.79 Å². The lowest BCUT2D eigenvalue weighted by molar-refractivity contribution is 0.0726. The molecule has 2 aromatic rings. The van der Waals surface area contributed by atoms with Gasteiger partial charge in [0.15, 0.2) is 11.5 Å². The van der Waals surface area contributed by atoms with Crippen molar-refractivity contribution in [3.8, 4) is 11.5 Å². The van der Waals surface area contributed by atoms with Crippen molar-refractivity contribution in [3.63, 3.8) is 0 Å². The van der Waals surface area contributed by atoms with Gasteiger partial charge in [-0.05, 0) is 37.3 Å². The minimum absolute atomic E-state index is 0.0906. The third-order valence-electron chi connectivity index (χ3n) is 3.48. The fraction of sp³-hybridized carbons (Fsp3) is 0.267. The van der Waals surface area contributed by atoms with Gasteiger partial charge in [0.25, 0.3) is 5.91 Å². The fourth-order valence-electron chi connectivity index (χ4n) is 2.13. The summed E-state index contributed by atoms with van der Waals surface area (Å²) in [6, 6.07) is 8.72. The van der Waals surface area contributed by atoms with Gasteiger partial charge in [-0.15, -0.1) is 0 Å². The summed E-state index contributed by atoms with van der Waals surface area (Å²) >= 11 is 0. The molecule has 3 rings (SSSR count). The van der Waals surface area contributed by atoms with E-state index in [2.05, 4.69) is 0 Å². The third-order valence-corrected chi connectivity index (χ3v) is 3.48. The molecule has 0 N–H and O–H groups in total. The molecule has 0 aliphatic carbocycles. The Labute approximate surface area is 116 Å². The highest BCUT2D eigenvalue weighted by molar-refractivity contribution is 5.95. The summed E-state index contributed by atoms with van der Waals surface area (Å²) in [5.74, 6) is 1.94. The number of hydrogen-bond acceptors (Lipinski definition) is 4. The molecule has 0 fully saturated rings. The molecule has 1 aliphatic rings. The van der Waals surface area contributed by atoms with Crippen molar-refractivity contribution in [2.45, 2.75) is 13.0 Å². The number of benzene rings is 1. The van der Waals surface area contributed by atoms with Crippen LogP contribution in [0.15, 0.2) is 41.0 Å². The first-order valence-electron chi connectivity index (χ1n) is 6.37. The molecule has 104 valence electrons. The second kappa shape index (κ2) is 4.92. The molecule has 0 saturated carbocycles. The van der Waals surface area contributed by atoms with E-state index in [9.17, 15) is 4.79 Å². The summed E-state index contributed by atoms with van der Waals surface area (Å²) in [7, 11) is 1.75. The Bertz CT molecular complexity index is 621. The van der Waals surface area contributed by atoms with Crippen LogP contribution in [0.25, 0.3) is 0 Å². The van der Waals surface area contributed by atoms with Gasteiger partial charge >= 0.3 is 0 Å². The molecule has 1 amide bonds. The Morgan fingerprint density at radius 1 is 1.25 bits per heavy atom. The molecule has 20 heavy (non-hydrogen) atoms. The predicted molar refractivity (Wildman–Crippen MR) is 71.8 cm³/mol. The molecule has 0 radical (unpaired) electrons. The quantitative estimate of drug-likeness (QED) is 0.863. The number of nitrogens with zero attached hydrogens (tertiary/aromatic N) is 1. The van der Waals surface area contributed by atoms with Crippen molar-refractivity contribution in [3.05, 3.63) is 47.9 Å². The maximum atomic E-state index is 12.5. The molecule has 1 aromatic carbocycles. The Balaban J connectivity index is 1.81. The minimum atomic E-state index is -0.136. The van der Waals surface area contributed by atoms with E-state index in [1.54, 1.807) is 36.4 Å². The number of rotatable bonds is 3. The van der Waals surface area contributed by atoms with E-state index in [0.29, 0.717) is 17.1 Å². The summed E-state index contributed by atoms with van der Waals surface area (Å²) in [5.41, 5.74) is 0.565. The Morgan fingerprint density at radius 3 is 2.80 bits per heavy atom. The van der Waals surface area contributed by atoms with E-state index < -0.39 is 0 Å². The zero-order valence-corrected chi connectivity index (χ0v) is 11.3. The molecule has 5 heteroatoms. The zero-order valence-electron chi connectivity index (χ0n) is 11.3. The average Bonchev–Trinajstić information content (AvgIpc) is 3.14. The SMILES string of the molecule is CC(c1ccco1)N(C)C(=O)c1ccc2c(c1)OCO2. The molecule has 1 aromatic heterocycles. The third kappa shape index (κ3) is 2.11. The number of carbonyl (C=O) groups is 1. The number of ether oxygens (including phenoxy) is 2. The Hall–Kier alpha value is -2.43. The number of fused-ring (bicyclic) bond motifs is 1. The summed E-state index contributed by atoms with van der Waals surface area (Å²) in [6.07, 6.45) is 1.60. The van der Waals surface area contributed by atoms with Crippen LogP contribution in [0.4, 0.5) is 0 Å². The molecule has 0 spiro atoms. The highest BCUT2D eigenvalue weighted by Gasteiger charge is 2.23. The van der Waals surface area contributed by atoms with Crippen molar-refractivity contribution in [1.82, 2.24) is 4.90 Å². The van der Waals surface area contributed by atoms with Gasteiger partial charge in [-0.1, -0.05) is 0 Å². The van der Waals surface area contributed by atoms with Crippen LogP contribution >= 0.6 is 0 Å². The summed E-state index contributed by atoms with van der Waals surface area (Å²) < 4.78 is 15.9. The van der Waals surface area contributed by atoms with Crippen LogP contribution < -0.4 is 9.47 Å². The lowest BCUT2D eigenvalue weighted by atomic mass is 10.1. The lowest BCUT2D eigenvalue weighted by Gasteiger charge is -2.23. The molecule has 2 heterocycles. The maximum absolute atomic E-state index is 12.5. The van der Waals surface area contributed by atoms with E-state index in [-0.39, 0.29) is 18.7 Å². The summed E-state index contributed by atoms with van der Waals surface area (Å²) in [4.78, 5) is 14.1. The van der Waals surface area contributed by atoms with Gasteiger partial charge in [-0.25, -0.2) is 0 Å². The van der Waals surface area contributed by atoms with E-state index in [4.69, 9.17) is 13.9 Å². The van der Waals surface area contributed by atoms with Crippen LogP contribution in [0, 0.1) is 0 Å². The number of hydrogen-bond donors (Lipinski definition) is 0. The molecule has 0 saturated heterocycles. The minimum Gasteiger partial charge on any atom is -0.467 e. The van der Waals surface area contributed by atoms with Crippen LogP contribution in [-0.2, 0) is 0 Å². The number of amides is 1. The van der Waals surface area contributed by atoms with Gasteiger partial charge in [-0.3, -0.25) is 4.79 Å². The maximum Gasteiger partial charge on any atom is 0.254 e. The molecule has 0 bridgehead atoms. The lowest BCUT2D eigenvalue weighted by Crippen LogP contribution is -2.29. The van der Waals surface area contributed by atoms with Crippen molar-refractivity contribution in [2.75, 3.05) is 13.8 Å². The molecular weight excluding hydrogens is 258 g/mol. The number of carbonyl (C=O) groups excluding carboxylic acids is 1. The number of furan rings is 1. The zero-order chi connectivity index (χ0) is 14.1. The van der Waals surface area contributed by atoms with Crippen LogP contribution in [0.3, 0.4) is 0 Å². The van der Waals surface area contributed by atoms with Crippen molar-refractivity contribution in [2.24, 2.45) is 0 Å². The Kier molecular flexibility index (Phi) is 3.10. The Morgan fingerprint density at radius 2 is 2.05 bits per heavy atom. The standard InChI is InChI=1S/C15H15NO4/c1-10(12-4-3-7-18-12)16(2)15(17)11-5-6-13-14(8-11)20-9-19-13/h3-8,10H,9H2,1-2H3. The second-order valence-corrected chi connectivity index (χ2v) is 4.68. The molecule has 1 aliphatic heterocycles. The molecular formula is C15H15NO4. The summed E-state index contributed by atoms with van der Waals surface area (Å²) in [5, 5.41) is 0. The molecule has 1 unspecified atom stereocenters. The van der Waals surface area contributed by atoms with Gasteiger partial charge in [-0.2, -0.15) is 0 Å². The van der Waals surface area contributed by atoms with Crippen molar-refractivity contribution >= 4 is 5.91 Å². The van der Waals surface area contributed by atoms with Crippen LogP contribution in [-0.4, -0.2) is 24.6 Å². The van der Waals surface area contributed by atoms with Gasteiger partial charge in [0, 0.05) is 12.6 Å². The first-order chi connectivity index (χ1) is 9.66. The van der Waals surface area contributed by atoms with E-state index in [0.717, 1.165) is 5.76 Å². The van der Waals surface area contributed by atoms with Crippen LogP contribution in [0.1, 0.15) is 29.1 Å². The van der Waals surface area contributed by atoms with Gasteiger partial charge in [0.1, 0.15) is 5.76 Å². The first kappa shape index (κ1) is 12.6. The van der Waals surface area contributed by atoms with E-state index in [1.807, 2.05) is 19.1 Å². The second-order valence-electron chi connectivity index (χ2n) is 4.68. The van der Waals surface area contributed by atoms with E-state index >= 15 is 0 Å². The molecule has 5 nitrogen and oxygen atoms in total. The van der Waals surface area contributed by atoms with E-state index in [1.165, 1.54) is 0 Å².